The maximum absolute atomic E-state index is 13.1. The largest absolute Gasteiger partial charge is 0.469 e. The molecule has 2 aliphatic heterocycles. The number of ether oxygens (including phenoxy) is 1. The van der Waals surface area contributed by atoms with Crippen LogP contribution < -0.4 is 0 Å². The molecule has 2 aromatic carbocycles. The maximum Gasteiger partial charge on any atom is 0.311 e. The molecule has 5 rings (SSSR count). The molecule has 7 heteroatoms. The smallest absolute Gasteiger partial charge is 0.311 e. The lowest BCUT2D eigenvalue weighted by Gasteiger charge is -2.45. The van der Waals surface area contributed by atoms with Crippen LogP contribution in [0.25, 0.3) is 10.8 Å². The number of carbonyl (C=O) groups excluding carboxylic acids is 2. The average Bonchev–Trinajstić information content (AvgIpc) is 3.14. The number of likely N-dealkylation sites (tertiary alicyclic amines) is 1. The van der Waals surface area contributed by atoms with Gasteiger partial charge in [0.1, 0.15) is 6.61 Å². The molecule has 34 heavy (non-hydrogen) atoms. The highest BCUT2D eigenvalue weighted by Crippen LogP contribution is 2.44. The van der Waals surface area contributed by atoms with Gasteiger partial charge in [0.05, 0.1) is 24.3 Å². The average molecular weight is 460 g/mol. The van der Waals surface area contributed by atoms with E-state index in [0.29, 0.717) is 12.8 Å². The first-order chi connectivity index (χ1) is 16.6. The fourth-order valence-corrected chi connectivity index (χ4v) is 5.32. The van der Waals surface area contributed by atoms with Crippen molar-refractivity contribution < 1.29 is 19.2 Å². The van der Waals surface area contributed by atoms with E-state index in [-0.39, 0.29) is 24.9 Å². The summed E-state index contributed by atoms with van der Waals surface area (Å²) >= 11 is 0. The van der Waals surface area contributed by atoms with E-state index in [9.17, 15) is 9.59 Å². The number of nitrogens with zero attached hydrogens (tertiary/aromatic N) is 3. The van der Waals surface area contributed by atoms with Gasteiger partial charge in [-0.2, -0.15) is 0 Å². The molecule has 0 unspecified atom stereocenters. The topological polar surface area (TPSA) is 72.0 Å². The first-order valence-corrected chi connectivity index (χ1v) is 11.7. The molecule has 0 N–H and O–H groups in total. The molecule has 3 heterocycles. The summed E-state index contributed by atoms with van der Waals surface area (Å²) in [4.78, 5) is 38.6. The highest BCUT2D eigenvalue weighted by atomic mass is 16.7. The molecular formula is C27H29N3O4. The van der Waals surface area contributed by atoms with Gasteiger partial charge >= 0.3 is 5.97 Å². The zero-order chi connectivity index (χ0) is 23.5. The van der Waals surface area contributed by atoms with Crippen molar-refractivity contribution in [1.29, 1.82) is 0 Å². The van der Waals surface area contributed by atoms with Crippen LogP contribution in [-0.2, 0) is 32.3 Å². The predicted octanol–water partition coefficient (Wildman–Crippen LogP) is 3.72. The summed E-state index contributed by atoms with van der Waals surface area (Å²) < 4.78 is 5.09. The van der Waals surface area contributed by atoms with Gasteiger partial charge in [0.25, 0.3) is 0 Å². The van der Waals surface area contributed by atoms with Crippen LogP contribution in [0.2, 0.25) is 0 Å². The van der Waals surface area contributed by atoms with Gasteiger partial charge in [-0.3, -0.25) is 24.3 Å². The van der Waals surface area contributed by atoms with Gasteiger partial charge in [-0.05, 0) is 47.4 Å². The number of amides is 1. The number of carbonyl (C=O) groups is 2. The number of aromatic nitrogens is 1. The Morgan fingerprint density at radius 1 is 1.06 bits per heavy atom. The van der Waals surface area contributed by atoms with Crippen LogP contribution in [0.15, 0.2) is 66.9 Å². The maximum atomic E-state index is 13.1. The van der Waals surface area contributed by atoms with Gasteiger partial charge in [-0.15, -0.1) is 0 Å². The van der Waals surface area contributed by atoms with E-state index in [4.69, 9.17) is 9.57 Å². The summed E-state index contributed by atoms with van der Waals surface area (Å²) in [5, 5.41) is 3.79. The second-order valence-electron chi connectivity index (χ2n) is 9.12. The van der Waals surface area contributed by atoms with Crippen LogP contribution >= 0.6 is 0 Å². The number of benzene rings is 2. The van der Waals surface area contributed by atoms with Gasteiger partial charge in [0, 0.05) is 32.3 Å². The molecular weight excluding hydrogens is 430 g/mol. The summed E-state index contributed by atoms with van der Waals surface area (Å²) in [5.41, 5.74) is 1.30. The number of hydroxylamine groups is 2. The third-order valence-electron chi connectivity index (χ3n) is 7.15. The Morgan fingerprint density at radius 2 is 1.82 bits per heavy atom. The SMILES string of the molecule is COC(=O)[C@H]1CC(=O)N(OCc2ccc3ccccc3c2)C12CCN(Cc1ccccn1)CC2. The summed E-state index contributed by atoms with van der Waals surface area (Å²) in [5.74, 6) is -1.03. The second kappa shape index (κ2) is 9.52. The zero-order valence-electron chi connectivity index (χ0n) is 19.4. The number of piperidine rings is 1. The Kier molecular flexibility index (Phi) is 6.30. The minimum absolute atomic E-state index is 0.116. The fraction of sp³-hybridized carbons (Fsp3) is 0.370. The van der Waals surface area contributed by atoms with Gasteiger partial charge in [0.2, 0.25) is 5.91 Å². The minimum atomic E-state index is -0.693. The standard InChI is InChI=1S/C27H29N3O4/c1-33-26(32)24-17-25(31)30(34-19-20-9-10-21-6-2-3-7-22(21)16-20)27(24)11-14-29(15-12-27)18-23-8-4-5-13-28-23/h2-10,13,16,24H,11-12,14-15,17-19H2,1H3/t24-/m1/s1. The van der Waals surface area contributed by atoms with Crippen LogP contribution in [0, 0.1) is 5.92 Å². The third-order valence-corrected chi connectivity index (χ3v) is 7.15. The van der Waals surface area contributed by atoms with E-state index < -0.39 is 11.5 Å². The molecule has 1 spiro atoms. The molecule has 176 valence electrons. The lowest BCUT2D eigenvalue weighted by atomic mass is 9.77. The third kappa shape index (κ3) is 4.29. The molecule has 3 aromatic rings. The molecule has 2 aliphatic rings. The summed E-state index contributed by atoms with van der Waals surface area (Å²) in [6.07, 6.45) is 3.20. The fourth-order valence-electron chi connectivity index (χ4n) is 5.32. The monoisotopic (exact) mass is 459 g/mol. The lowest BCUT2D eigenvalue weighted by molar-refractivity contribution is -0.229. The number of pyridine rings is 1. The zero-order valence-corrected chi connectivity index (χ0v) is 19.4. The van der Waals surface area contributed by atoms with Crippen molar-refractivity contribution in [2.24, 2.45) is 5.92 Å². The Balaban J connectivity index is 1.33. The molecule has 1 aromatic heterocycles. The van der Waals surface area contributed by atoms with E-state index in [2.05, 4.69) is 34.1 Å². The molecule has 2 fully saturated rings. The Morgan fingerprint density at radius 3 is 2.56 bits per heavy atom. The Hall–Kier alpha value is -3.29. The highest BCUT2D eigenvalue weighted by molar-refractivity contribution is 5.88. The molecule has 7 nitrogen and oxygen atoms in total. The van der Waals surface area contributed by atoms with E-state index >= 15 is 0 Å². The van der Waals surface area contributed by atoms with Crippen LogP contribution in [0.3, 0.4) is 0 Å². The van der Waals surface area contributed by atoms with Gasteiger partial charge in [0.15, 0.2) is 0 Å². The van der Waals surface area contributed by atoms with E-state index in [1.807, 2.05) is 36.4 Å². The van der Waals surface area contributed by atoms with Crippen LogP contribution in [0.5, 0.6) is 0 Å². The number of esters is 1. The van der Waals surface area contributed by atoms with Crippen molar-refractivity contribution in [3.8, 4) is 0 Å². The predicted molar refractivity (Wildman–Crippen MR) is 127 cm³/mol. The molecule has 1 atom stereocenters. The summed E-state index contributed by atoms with van der Waals surface area (Å²) in [6, 6.07) is 20.2. The van der Waals surface area contributed by atoms with Crippen molar-refractivity contribution in [1.82, 2.24) is 14.9 Å². The number of methoxy groups -OCH3 is 1. The normalized spacial score (nSPS) is 20.2. The van der Waals surface area contributed by atoms with Crippen molar-refractivity contribution in [2.75, 3.05) is 20.2 Å². The quantitative estimate of drug-likeness (QED) is 0.523. The first-order valence-electron chi connectivity index (χ1n) is 11.7. The van der Waals surface area contributed by atoms with E-state index in [1.165, 1.54) is 12.2 Å². The summed E-state index contributed by atoms with van der Waals surface area (Å²) in [6.45, 7) is 2.50. The molecule has 0 saturated carbocycles. The first kappa shape index (κ1) is 22.5. The van der Waals surface area contributed by atoms with E-state index in [0.717, 1.165) is 41.7 Å². The van der Waals surface area contributed by atoms with Crippen molar-refractivity contribution >= 4 is 22.6 Å². The van der Waals surface area contributed by atoms with Gasteiger partial charge in [-0.1, -0.05) is 42.5 Å². The summed E-state index contributed by atoms with van der Waals surface area (Å²) in [7, 11) is 1.38. The number of rotatable bonds is 6. The van der Waals surface area contributed by atoms with Gasteiger partial charge in [-0.25, -0.2) is 5.06 Å². The molecule has 0 bridgehead atoms. The van der Waals surface area contributed by atoms with Crippen molar-refractivity contribution in [3.63, 3.8) is 0 Å². The van der Waals surface area contributed by atoms with Crippen molar-refractivity contribution in [3.05, 3.63) is 78.1 Å². The van der Waals surface area contributed by atoms with Gasteiger partial charge < -0.3 is 4.74 Å². The number of fused-ring (bicyclic) bond motifs is 1. The Labute approximate surface area is 199 Å². The number of hydrogen-bond acceptors (Lipinski definition) is 6. The van der Waals surface area contributed by atoms with Crippen LogP contribution in [0.1, 0.15) is 30.5 Å². The number of hydrogen-bond donors (Lipinski definition) is 0. The van der Waals surface area contributed by atoms with Crippen LogP contribution in [0.4, 0.5) is 0 Å². The molecule has 2 saturated heterocycles. The second-order valence-corrected chi connectivity index (χ2v) is 9.12. The van der Waals surface area contributed by atoms with Crippen LogP contribution in [-0.4, -0.2) is 52.6 Å². The molecule has 0 aliphatic carbocycles. The highest BCUT2D eigenvalue weighted by Gasteiger charge is 2.58. The minimum Gasteiger partial charge on any atom is -0.469 e. The lowest BCUT2D eigenvalue weighted by Crippen LogP contribution is -2.57. The molecule has 1 amide bonds. The van der Waals surface area contributed by atoms with Crippen molar-refractivity contribution in [2.45, 2.75) is 38.0 Å². The van der Waals surface area contributed by atoms with E-state index in [1.54, 1.807) is 6.20 Å². The molecule has 0 radical (unpaired) electrons. The Bertz CT molecular complexity index is 1170.